The average molecular weight is 376 g/mol. The Kier molecular flexibility index (Phi) is 4.19. The highest BCUT2D eigenvalue weighted by molar-refractivity contribution is 6.19. The molecular weight excluding hydrogens is 356 g/mol. The molecule has 0 aliphatic carbocycles. The second-order valence-electron chi connectivity index (χ2n) is 6.81. The van der Waals surface area contributed by atoms with E-state index in [9.17, 15) is 9.90 Å². The van der Waals surface area contributed by atoms with Crippen molar-refractivity contribution in [2.24, 2.45) is 0 Å². The summed E-state index contributed by atoms with van der Waals surface area (Å²) >= 11 is 0. The lowest BCUT2D eigenvalue weighted by Gasteiger charge is -2.11. The molecule has 2 heterocycles. The van der Waals surface area contributed by atoms with Crippen molar-refractivity contribution in [1.82, 2.24) is 9.55 Å². The second kappa shape index (κ2) is 6.56. The Morgan fingerprint density at radius 2 is 1.96 bits per heavy atom. The van der Waals surface area contributed by atoms with Gasteiger partial charge in [0.25, 0.3) is 0 Å². The molecule has 4 rings (SSSR count). The van der Waals surface area contributed by atoms with Crippen molar-refractivity contribution in [2.45, 2.75) is 20.8 Å². The minimum Gasteiger partial charge on any atom is -0.504 e. The third-order valence-electron chi connectivity index (χ3n) is 5.08. The van der Waals surface area contributed by atoms with Gasteiger partial charge in [-0.2, -0.15) is 0 Å². The quantitative estimate of drug-likeness (QED) is 0.531. The molecule has 0 atom stereocenters. The number of rotatable bonds is 4. The molecule has 0 saturated heterocycles. The molecule has 0 aliphatic rings. The van der Waals surface area contributed by atoms with Crippen LogP contribution in [0.3, 0.4) is 0 Å². The molecule has 0 aliphatic heterocycles. The lowest BCUT2D eigenvalue weighted by molar-refractivity contribution is 0.103. The number of methoxy groups -OCH3 is 1. The summed E-state index contributed by atoms with van der Waals surface area (Å²) in [4.78, 5) is 17.6. The monoisotopic (exact) mass is 376 g/mol. The molecule has 0 unspecified atom stereocenters. The van der Waals surface area contributed by atoms with E-state index in [0.717, 1.165) is 11.1 Å². The molecule has 0 bridgehead atoms. The fourth-order valence-corrected chi connectivity index (χ4v) is 3.33. The molecule has 0 radical (unpaired) electrons. The van der Waals surface area contributed by atoms with Crippen LogP contribution in [-0.4, -0.2) is 27.6 Å². The number of aromatic hydroxyl groups is 1. The van der Waals surface area contributed by atoms with Gasteiger partial charge in [0.05, 0.1) is 12.7 Å². The van der Waals surface area contributed by atoms with Crippen LogP contribution in [0, 0.1) is 20.8 Å². The number of ether oxygens (including phenoxy) is 1. The van der Waals surface area contributed by atoms with Gasteiger partial charge in [0.1, 0.15) is 12.1 Å². The predicted molar refractivity (Wildman–Crippen MR) is 106 cm³/mol. The van der Waals surface area contributed by atoms with Gasteiger partial charge in [-0.25, -0.2) is 4.98 Å². The SMILES string of the molecule is COc1cc(C(=O)c2c(-n3ccnc3)oc3c(O)c(C)ccc23)cc(C)c1C. The molecule has 6 heteroatoms. The van der Waals surface area contributed by atoms with E-state index >= 15 is 0 Å². The van der Waals surface area contributed by atoms with Gasteiger partial charge in [-0.15, -0.1) is 0 Å². The number of phenols is 1. The number of carbonyl (C=O) groups is 1. The van der Waals surface area contributed by atoms with E-state index in [-0.39, 0.29) is 17.1 Å². The summed E-state index contributed by atoms with van der Waals surface area (Å²) in [5, 5.41) is 11.0. The Labute approximate surface area is 162 Å². The fraction of sp³-hybridized carbons (Fsp3) is 0.182. The number of aromatic nitrogens is 2. The number of furan rings is 1. The Morgan fingerprint density at radius 1 is 1.18 bits per heavy atom. The minimum absolute atomic E-state index is 0.0237. The van der Waals surface area contributed by atoms with Crippen LogP contribution in [0.5, 0.6) is 11.5 Å². The summed E-state index contributed by atoms with van der Waals surface area (Å²) in [5.74, 6) is 0.775. The van der Waals surface area contributed by atoms with Crippen molar-refractivity contribution in [3.63, 3.8) is 0 Å². The zero-order chi connectivity index (χ0) is 20.0. The van der Waals surface area contributed by atoms with Gasteiger partial charge in [0, 0.05) is 23.3 Å². The van der Waals surface area contributed by atoms with Gasteiger partial charge in [0.15, 0.2) is 17.1 Å². The number of ketones is 1. The molecule has 0 amide bonds. The van der Waals surface area contributed by atoms with E-state index < -0.39 is 0 Å². The van der Waals surface area contributed by atoms with E-state index in [0.29, 0.717) is 33.7 Å². The molecule has 28 heavy (non-hydrogen) atoms. The first kappa shape index (κ1) is 17.9. The van der Waals surface area contributed by atoms with Gasteiger partial charge < -0.3 is 14.3 Å². The standard InChI is InChI=1S/C22H20N2O4/c1-12-5-6-16-18(20(26)15-9-13(2)14(3)17(10-15)27-4)22(24-8-7-23-11-24)28-21(16)19(12)25/h5-11,25H,1-4H3. The first-order chi connectivity index (χ1) is 13.4. The summed E-state index contributed by atoms with van der Waals surface area (Å²) < 4.78 is 13.0. The minimum atomic E-state index is -0.216. The summed E-state index contributed by atoms with van der Waals surface area (Å²) in [6.45, 7) is 5.67. The first-order valence-electron chi connectivity index (χ1n) is 8.85. The zero-order valence-electron chi connectivity index (χ0n) is 16.1. The molecule has 0 spiro atoms. The van der Waals surface area contributed by atoms with Crippen molar-refractivity contribution in [2.75, 3.05) is 7.11 Å². The smallest absolute Gasteiger partial charge is 0.217 e. The number of aryl methyl sites for hydroxylation is 2. The van der Waals surface area contributed by atoms with Gasteiger partial charge >= 0.3 is 0 Å². The third kappa shape index (κ3) is 2.65. The normalized spacial score (nSPS) is 11.1. The number of carbonyl (C=O) groups excluding carboxylic acids is 1. The van der Waals surface area contributed by atoms with Gasteiger partial charge in [-0.3, -0.25) is 9.36 Å². The fourth-order valence-electron chi connectivity index (χ4n) is 3.33. The molecule has 1 N–H and O–H groups in total. The van der Waals surface area contributed by atoms with Gasteiger partial charge in [0.2, 0.25) is 5.88 Å². The van der Waals surface area contributed by atoms with Crippen LogP contribution < -0.4 is 4.74 Å². The number of nitrogens with zero attached hydrogens (tertiary/aromatic N) is 2. The van der Waals surface area contributed by atoms with Gasteiger partial charge in [-0.1, -0.05) is 6.07 Å². The Balaban J connectivity index is 2.00. The van der Waals surface area contributed by atoms with Crippen LogP contribution in [0.1, 0.15) is 32.6 Å². The third-order valence-corrected chi connectivity index (χ3v) is 5.08. The van der Waals surface area contributed by atoms with Crippen LogP contribution in [-0.2, 0) is 0 Å². The number of benzene rings is 2. The van der Waals surface area contributed by atoms with Crippen molar-refractivity contribution in [1.29, 1.82) is 0 Å². The Bertz CT molecular complexity index is 1200. The van der Waals surface area contributed by atoms with E-state index in [1.165, 1.54) is 0 Å². The topological polar surface area (TPSA) is 77.5 Å². The van der Waals surface area contributed by atoms with Crippen molar-refractivity contribution in [3.8, 4) is 17.4 Å². The number of fused-ring (bicyclic) bond motifs is 1. The van der Waals surface area contributed by atoms with Crippen molar-refractivity contribution >= 4 is 16.8 Å². The molecule has 4 aromatic rings. The van der Waals surface area contributed by atoms with Gasteiger partial charge in [-0.05, 0) is 55.7 Å². The second-order valence-corrected chi connectivity index (χ2v) is 6.81. The van der Waals surface area contributed by atoms with Crippen molar-refractivity contribution < 1.29 is 19.1 Å². The van der Waals surface area contributed by atoms with Crippen LogP contribution >= 0.6 is 0 Å². The maximum absolute atomic E-state index is 13.5. The first-order valence-corrected chi connectivity index (χ1v) is 8.85. The van der Waals surface area contributed by atoms with E-state index in [1.807, 2.05) is 19.9 Å². The lowest BCUT2D eigenvalue weighted by Crippen LogP contribution is -2.06. The number of imidazole rings is 1. The molecule has 6 nitrogen and oxygen atoms in total. The molecule has 142 valence electrons. The summed E-state index contributed by atoms with van der Waals surface area (Å²) in [6, 6.07) is 7.13. The molecular formula is C22H20N2O4. The van der Waals surface area contributed by atoms with Crippen LogP contribution in [0.15, 0.2) is 47.4 Å². The van der Waals surface area contributed by atoms with Crippen molar-refractivity contribution in [3.05, 3.63) is 70.8 Å². The summed E-state index contributed by atoms with van der Waals surface area (Å²) in [5.41, 5.74) is 3.75. The largest absolute Gasteiger partial charge is 0.504 e. The van der Waals surface area contributed by atoms with Crippen LogP contribution in [0.25, 0.3) is 16.9 Å². The molecule has 0 fully saturated rings. The maximum atomic E-state index is 13.5. The summed E-state index contributed by atoms with van der Waals surface area (Å²) in [6.07, 6.45) is 4.85. The van der Waals surface area contributed by atoms with Crippen LogP contribution in [0.4, 0.5) is 0 Å². The zero-order valence-corrected chi connectivity index (χ0v) is 16.1. The summed E-state index contributed by atoms with van der Waals surface area (Å²) in [7, 11) is 1.58. The Morgan fingerprint density at radius 3 is 2.64 bits per heavy atom. The lowest BCUT2D eigenvalue weighted by atomic mass is 9.97. The van der Waals surface area contributed by atoms with E-state index in [1.54, 1.807) is 55.5 Å². The number of hydrogen-bond acceptors (Lipinski definition) is 5. The average Bonchev–Trinajstić information content (AvgIpc) is 3.34. The molecule has 0 saturated carbocycles. The maximum Gasteiger partial charge on any atom is 0.217 e. The predicted octanol–water partition coefficient (Wildman–Crippen LogP) is 4.49. The van der Waals surface area contributed by atoms with E-state index in [4.69, 9.17) is 9.15 Å². The molecule has 2 aromatic carbocycles. The van der Waals surface area contributed by atoms with Crippen LogP contribution in [0.2, 0.25) is 0 Å². The highest BCUT2D eigenvalue weighted by atomic mass is 16.5. The Hall–Kier alpha value is -3.54. The number of hydrogen-bond donors (Lipinski definition) is 1. The van der Waals surface area contributed by atoms with E-state index in [2.05, 4.69) is 4.98 Å². The number of phenolic OH excluding ortho intramolecular Hbond substituents is 1. The highest BCUT2D eigenvalue weighted by Crippen LogP contribution is 2.38. The molecule has 2 aromatic heterocycles. The highest BCUT2D eigenvalue weighted by Gasteiger charge is 2.26.